The van der Waals surface area contributed by atoms with Gasteiger partial charge in [0, 0.05) is 32.4 Å². The maximum absolute atomic E-state index is 13.5. The second-order valence-corrected chi connectivity index (χ2v) is 7.90. The van der Waals surface area contributed by atoms with E-state index in [1.165, 1.54) is 0 Å². The number of hydrogen-bond acceptors (Lipinski definition) is 7. The molecule has 0 bridgehead atoms. The first kappa shape index (κ1) is 20.7. The van der Waals surface area contributed by atoms with Gasteiger partial charge in [-0.3, -0.25) is 14.3 Å². The van der Waals surface area contributed by atoms with Crippen molar-refractivity contribution in [3.63, 3.8) is 0 Å². The summed E-state index contributed by atoms with van der Waals surface area (Å²) < 4.78 is 1.90. The maximum atomic E-state index is 13.5. The highest BCUT2D eigenvalue weighted by atomic mass is 16.2. The number of nitrogens with zero attached hydrogens (tertiary/aromatic N) is 7. The van der Waals surface area contributed by atoms with E-state index in [2.05, 4.69) is 27.8 Å². The van der Waals surface area contributed by atoms with E-state index >= 15 is 0 Å². The van der Waals surface area contributed by atoms with Gasteiger partial charge in [-0.25, -0.2) is 0 Å². The Morgan fingerprint density at radius 3 is 2.97 bits per heavy atom. The highest BCUT2D eigenvalue weighted by Gasteiger charge is 2.36. The summed E-state index contributed by atoms with van der Waals surface area (Å²) in [6.07, 6.45) is 3.62. The third-order valence-corrected chi connectivity index (χ3v) is 5.67. The number of amides is 1. The Morgan fingerprint density at radius 2 is 2.23 bits per heavy atom. The van der Waals surface area contributed by atoms with E-state index in [1.807, 2.05) is 16.5 Å². The third kappa shape index (κ3) is 3.92. The SMILES string of the molecule is CC#CCn1c(N2CCCC(N)C2)nc2c1C(=O)N(Cc1ncccc1C#N)CN2C. The summed E-state index contributed by atoms with van der Waals surface area (Å²) in [6.45, 7) is 4.33. The molecule has 9 heteroatoms. The number of carbonyl (C=O) groups excluding carboxylic acids is 1. The van der Waals surface area contributed by atoms with Gasteiger partial charge < -0.3 is 20.4 Å². The minimum Gasteiger partial charge on any atom is -0.341 e. The Hall–Kier alpha value is -3.56. The second-order valence-electron chi connectivity index (χ2n) is 7.90. The molecule has 1 fully saturated rings. The topological polar surface area (TPSA) is 107 Å². The van der Waals surface area contributed by atoms with E-state index in [1.54, 1.807) is 30.2 Å². The van der Waals surface area contributed by atoms with Gasteiger partial charge in [0.15, 0.2) is 11.5 Å². The quantitative estimate of drug-likeness (QED) is 0.742. The summed E-state index contributed by atoms with van der Waals surface area (Å²) in [4.78, 5) is 28.5. The van der Waals surface area contributed by atoms with Gasteiger partial charge in [-0.1, -0.05) is 5.92 Å². The molecule has 0 aromatic carbocycles. The van der Waals surface area contributed by atoms with Crippen LogP contribution < -0.4 is 15.5 Å². The van der Waals surface area contributed by atoms with Crippen molar-refractivity contribution in [2.24, 2.45) is 5.73 Å². The minimum absolute atomic E-state index is 0.0895. The fourth-order valence-corrected chi connectivity index (χ4v) is 4.15. The van der Waals surface area contributed by atoms with Crippen molar-refractivity contribution in [2.45, 2.75) is 38.9 Å². The van der Waals surface area contributed by atoms with Crippen LogP contribution in [0.2, 0.25) is 0 Å². The van der Waals surface area contributed by atoms with Gasteiger partial charge in [-0.15, -0.1) is 5.92 Å². The van der Waals surface area contributed by atoms with E-state index in [9.17, 15) is 10.1 Å². The molecule has 2 N–H and O–H groups in total. The first-order valence-corrected chi connectivity index (χ1v) is 10.4. The lowest BCUT2D eigenvalue weighted by Gasteiger charge is -2.33. The maximum Gasteiger partial charge on any atom is 0.276 e. The third-order valence-electron chi connectivity index (χ3n) is 5.67. The van der Waals surface area contributed by atoms with Crippen LogP contribution in [-0.4, -0.2) is 58.2 Å². The molecule has 0 radical (unpaired) electrons. The zero-order valence-electron chi connectivity index (χ0n) is 17.9. The van der Waals surface area contributed by atoms with E-state index < -0.39 is 0 Å². The molecule has 1 saturated heterocycles. The van der Waals surface area contributed by atoms with Crippen molar-refractivity contribution in [3.05, 3.63) is 35.3 Å². The van der Waals surface area contributed by atoms with E-state index in [-0.39, 0.29) is 18.5 Å². The van der Waals surface area contributed by atoms with Gasteiger partial charge in [0.2, 0.25) is 5.95 Å². The zero-order chi connectivity index (χ0) is 22.0. The summed E-state index contributed by atoms with van der Waals surface area (Å²) >= 11 is 0. The van der Waals surface area contributed by atoms with Crippen molar-refractivity contribution in [1.29, 1.82) is 5.26 Å². The van der Waals surface area contributed by atoms with E-state index in [4.69, 9.17) is 10.7 Å². The van der Waals surface area contributed by atoms with Crippen molar-refractivity contribution >= 4 is 17.7 Å². The van der Waals surface area contributed by atoms with Crippen LogP contribution in [0.3, 0.4) is 0 Å². The average molecular weight is 419 g/mol. The van der Waals surface area contributed by atoms with Crippen LogP contribution in [0.1, 0.15) is 41.5 Å². The molecular weight excluding hydrogens is 392 g/mol. The fraction of sp³-hybridized carbons (Fsp3) is 0.455. The zero-order valence-corrected chi connectivity index (χ0v) is 17.9. The molecule has 2 aliphatic heterocycles. The summed E-state index contributed by atoms with van der Waals surface area (Å²) in [5.41, 5.74) is 7.76. The Labute approximate surface area is 182 Å². The summed E-state index contributed by atoms with van der Waals surface area (Å²) in [5.74, 6) is 7.24. The molecule has 160 valence electrons. The van der Waals surface area contributed by atoms with Crippen molar-refractivity contribution in [1.82, 2.24) is 19.4 Å². The number of fused-ring (bicyclic) bond motifs is 1. The Morgan fingerprint density at radius 1 is 1.39 bits per heavy atom. The van der Waals surface area contributed by atoms with Crippen LogP contribution in [-0.2, 0) is 13.1 Å². The number of carbonyl (C=O) groups is 1. The number of nitrogens with two attached hydrogens (primary N) is 1. The van der Waals surface area contributed by atoms with Crippen molar-refractivity contribution in [2.75, 3.05) is 36.6 Å². The first-order chi connectivity index (χ1) is 15.0. The molecule has 9 nitrogen and oxygen atoms in total. The first-order valence-electron chi connectivity index (χ1n) is 10.4. The number of rotatable bonds is 4. The normalized spacial score (nSPS) is 18.3. The standard InChI is InChI=1S/C22H26N8O/c1-3-4-11-30-19-20(26-22(30)28-10-6-8-17(24)13-28)27(2)15-29(21(19)31)14-18-16(12-23)7-5-9-25-18/h5,7,9,17H,6,8,10-11,13-15,24H2,1-2H3. The number of hydrogen-bond donors (Lipinski definition) is 1. The molecule has 31 heavy (non-hydrogen) atoms. The van der Waals surface area contributed by atoms with Crippen LogP contribution in [0.4, 0.5) is 11.8 Å². The molecule has 0 aliphatic carbocycles. The summed E-state index contributed by atoms with van der Waals surface area (Å²) in [6, 6.07) is 5.68. The smallest absolute Gasteiger partial charge is 0.276 e. The minimum atomic E-state index is -0.138. The number of nitriles is 1. The highest BCUT2D eigenvalue weighted by Crippen LogP contribution is 2.32. The van der Waals surface area contributed by atoms with Crippen LogP contribution in [0.25, 0.3) is 0 Å². The molecule has 1 atom stereocenters. The molecule has 1 unspecified atom stereocenters. The molecule has 0 spiro atoms. The van der Waals surface area contributed by atoms with Gasteiger partial charge in [0.1, 0.15) is 6.07 Å². The van der Waals surface area contributed by atoms with Crippen LogP contribution in [0.15, 0.2) is 18.3 Å². The van der Waals surface area contributed by atoms with Gasteiger partial charge in [-0.2, -0.15) is 10.2 Å². The van der Waals surface area contributed by atoms with Gasteiger partial charge in [-0.05, 0) is 31.9 Å². The molecule has 2 aromatic heterocycles. The molecule has 2 aromatic rings. The lowest BCUT2D eigenvalue weighted by molar-refractivity contribution is 0.0718. The Kier molecular flexibility index (Phi) is 5.79. The van der Waals surface area contributed by atoms with Gasteiger partial charge in [0.25, 0.3) is 5.91 Å². The average Bonchev–Trinajstić information content (AvgIpc) is 3.16. The predicted octanol–water partition coefficient (Wildman–Crippen LogP) is 1.15. The van der Waals surface area contributed by atoms with Crippen LogP contribution >= 0.6 is 0 Å². The van der Waals surface area contributed by atoms with Gasteiger partial charge in [0.05, 0.1) is 31.0 Å². The van der Waals surface area contributed by atoms with E-state index in [0.717, 1.165) is 25.3 Å². The lowest BCUT2D eigenvalue weighted by Crippen LogP contribution is -2.46. The largest absolute Gasteiger partial charge is 0.341 e. The summed E-state index contributed by atoms with van der Waals surface area (Å²) in [5, 5.41) is 9.38. The number of imidazole rings is 1. The predicted molar refractivity (Wildman–Crippen MR) is 117 cm³/mol. The molecule has 2 aliphatic rings. The van der Waals surface area contributed by atoms with E-state index in [0.29, 0.717) is 42.5 Å². The lowest BCUT2D eigenvalue weighted by atomic mass is 10.1. The number of aromatic nitrogens is 3. The van der Waals surface area contributed by atoms with Gasteiger partial charge >= 0.3 is 0 Å². The number of anilines is 2. The molecule has 0 saturated carbocycles. The second kappa shape index (κ2) is 8.66. The number of piperidine rings is 1. The highest BCUT2D eigenvalue weighted by molar-refractivity contribution is 6.00. The Bertz CT molecular complexity index is 1090. The Balaban J connectivity index is 1.72. The summed E-state index contributed by atoms with van der Waals surface area (Å²) in [7, 11) is 1.91. The molecule has 4 rings (SSSR count). The van der Waals surface area contributed by atoms with Crippen molar-refractivity contribution in [3.8, 4) is 17.9 Å². The molecular formula is C22H26N8O. The van der Waals surface area contributed by atoms with Crippen molar-refractivity contribution < 1.29 is 4.79 Å². The number of pyridine rings is 1. The van der Waals surface area contributed by atoms with Crippen LogP contribution in [0, 0.1) is 23.2 Å². The molecule has 4 heterocycles. The molecule has 1 amide bonds. The fourth-order valence-electron chi connectivity index (χ4n) is 4.15. The monoisotopic (exact) mass is 418 g/mol. The van der Waals surface area contributed by atoms with Crippen LogP contribution in [0.5, 0.6) is 0 Å².